The van der Waals surface area contributed by atoms with E-state index < -0.39 is 5.97 Å². The van der Waals surface area contributed by atoms with Crippen LogP contribution in [0.3, 0.4) is 0 Å². The molecule has 1 fully saturated rings. The van der Waals surface area contributed by atoms with Crippen LogP contribution < -0.4 is 15.7 Å². The van der Waals surface area contributed by atoms with Crippen LogP contribution in [-0.4, -0.2) is 16.9 Å². The predicted molar refractivity (Wildman–Crippen MR) is 129 cm³/mol. The number of thiazole rings is 1. The molecular weight excluding hydrogens is 434 g/mol. The van der Waals surface area contributed by atoms with Gasteiger partial charge in [0.15, 0.2) is 5.13 Å². The third-order valence-corrected chi connectivity index (χ3v) is 6.85. The molecule has 1 saturated carbocycles. The SMILES string of the molecule is O=C([O-])Cc1csc(NC(=O)c2ccc(CNc3ccccc3CC3CCCCC3)cc2)n1. The average molecular weight is 463 g/mol. The second-order valence-corrected chi connectivity index (χ2v) is 9.42. The van der Waals surface area contributed by atoms with Crippen LogP contribution in [0.15, 0.2) is 53.9 Å². The van der Waals surface area contributed by atoms with Crippen molar-refractivity contribution in [3.63, 3.8) is 0 Å². The van der Waals surface area contributed by atoms with Crippen molar-refractivity contribution in [2.75, 3.05) is 10.6 Å². The number of nitrogens with one attached hydrogen (secondary N) is 2. The summed E-state index contributed by atoms with van der Waals surface area (Å²) in [5.41, 5.74) is 4.54. The summed E-state index contributed by atoms with van der Waals surface area (Å²) in [5, 5.41) is 18.9. The molecular formula is C26H28N3O3S-. The maximum atomic E-state index is 12.5. The largest absolute Gasteiger partial charge is 0.550 e. The Bertz CT molecular complexity index is 1090. The van der Waals surface area contributed by atoms with Gasteiger partial charge >= 0.3 is 0 Å². The molecule has 0 atom stereocenters. The van der Waals surface area contributed by atoms with Crippen LogP contribution in [0.2, 0.25) is 0 Å². The first-order chi connectivity index (χ1) is 16.1. The van der Waals surface area contributed by atoms with E-state index in [4.69, 9.17) is 0 Å². The summed E-state index contributed by atoms with van der Waals surface area (Å²) in [5.74, 6) is -0.685. The van der Waals surface area contributed by atoms with Crippen molar-refractivity contribution in [3.05, 3.63) is 76.3 Å². The van der Waals surface area contributed by atoms with Crippen LogP contribution >= 0.6 is 11.3 Å². The standard InChI is InChI=1S/C26H29N3O3S/c30-24(31)15-22-17-33-26(28-22)29-25(32)20-12-10-19(11-13-20)16-27-23-9-5-4-8-21(23)14-18-6-2-1-3-7-18/h4-5,8-13,17-18,27H,1-3,6-7,14-16H2,(H,30,31)(H,28,29,32)/p-1. The van der Waals surface area contributed by atoms with E-state index in [-0.39, 0.29) is 12.3 Å². The summed E-state index contributed by atoms with van der Waals surface area (Å²) in [6, 6.07) is 16.0. The number of aromatic nitrogens is 1. The van der Waals surface area contributed by atoms with Crippen molar-refractivity contribution < 1.29 is 14.7 Å². The lowest BCUT2D eigenvalue weighted by atomic mass is 9.84. The molecule has 0 saturated heterocycles. The topological polar surface area (TPSA) is 94.1 Å². The summed E-state index contributed by atoms with van der Waals surface area (Å²) in [6.07, 6.45) is 7.60. The monoisotopic (exact) mass is 462 g/mol. The first-order valence-electron chi connectivity index (χ1n) is 11.4. The molecule has 0 aliphatic heterocycles. The molecule has 2 aromatic carbocycles. The van der Waals surface area contributed by atoms with E-state index in [0.29, 0.717) is 22.9 Å². The number of carboxylic acids is 1. The van der Waals surface area contributed by atoms with Gasteiger partial charge in [-0.05, 0) is 41.7 Å². The van der Waals surface area contributed by atoms with E-state index in [9.17, 15) is 14.7 Å². The molecule has 0 unspecified atom stereocenters. The molecule has 2 N–H and O–H groups in total. The number of amides is 1. The van der Waals surface area contributed by atoms with Gasteiger partial charge < -0.3 is 15.2 Å². The number of benzene rings is 2. The van der Waals surface area contributed by atoms with Gasteiger partial charge in [-0.2, -0.15) is 0 Å². The fourth-order valence-corrected chi connectivity index (χ4v) is 5.01. The molecule has 4 rings (SSSR count). The molecule has 0 spiro atoms. The Labute approximate surface area is 198 Å². The van der Waals surface area contributed by atoms with Gasteiger partial charge in [0.2, 0.25) is 0 Å². The molecule has 0 radical (unpaired) electrons. The molecule has 172 valence electrons. The van der Waals surface area contributed by atoms with Gasteiger partial charge in [-0.1, -0.05) is 62.4 Å². The van der Waals surface area contributed by atoms with Crippen molar-refractivity contribution in [3.8, 4) is 0 Å². The van der Waals surface area contributed by atoms with Crippen molar-refractivity contribution in [2.45, 2.75) is 51.5 Å². The zero-order valence-corrected chi connectivity index (χ0v) is 19.3. The lowest BCUT2D eigenvalue weighted by Crippen LogP contribution is -2.24. The third-order valence-electron chi connectivity index (χ3n) is 6.05. The highest BCUT2D eigenvalue weighted by atomic mass is 32.1. The van der Waals surface area contributed by atoms with Crippen molar-refractivity contribution >= 4 is 34.0 Å². The van der Waals surface area contributed by atoms with Gasteiger partial charge in [-0.25, -0.2) is 4.98 Å². The van der Waals surface area contributed by atoms with Gasteiger partial charge in [-0.15, -0.1) is 11.3 Å². The second kappa shape index (κ2) is 11.1. The Morgan fingerprint density at radius 2 is 1.79 bits per heavy atom. The van der Waals surface area contributed by atoms with E-state index in [0.717, 1.165) is 17.9 Å². The van der Waals surface area contributed by atoms with Crippen LogP contribution in [-0.2, 0) is 24.2 Å². The number of aliphatic carboxylic acids is 1. The first-order valence-corrected chi connectivity index (χ1v) is 12.3. The Balaban J connectivity index is 1.32. The quantitative estimate of drug-likeness (QED) is 0.491. The highest BCUT2D eigenvalue weighted by molar-refractivity contribution is 7.14. The Morgan fingerprint density at radius 1 is 1.03 bits per heavy atom. The smallest absolute Gasteiger partial charge is 0.257 e. The lowest BCUT2D eigenvalue weighted by Gasteiger charge is -2.23. The minimum Gasteiger partial charge on any atom is -0.550 e. The van der Waals surface area contributed by atoms with Gasteiger partial charge in [0.05, 0.1) is 5.69 Å². The Hall–Kier alpha value is -3.19. The molecule has 6 nitrogen and oxygen atoms in total. The minimum atomic E-state index is -1.20. The zero-order valence-electron chi connectivity index (χ0n) is 18.5. The maximum Gasteiger partial charge on any atom is 0.257 e. The van der Waals surface area contributed by atoms with E-state index >= 15 is 0 Å². The van der Waals surface area contributed by atoms with Gasteiger partial charge in [0.1, 0.15) is 0 Å². The van der Waals surface area contributed by atoms with Gasteiger partial charge in [-0.3, -0.25) is 10.1 Å². The minimum absolute atomic E-state index is 0.266. The Morgan fingerprint density at radius 3 is 2.55 bits per heavy atom. The molecule has 3 aromatic rings. The summed E-state index contributed by atoms with van der Waals surface area (Å²) < 4.78 is 0. The fourth-order valence-electron chi connectivity index (χ4n) is 4.31. The normalized spacial score (nSPS) is 14.1. The van der Waals surface area contributed by atoms with E-state index in [1.807, 2.05) is 12.1 Å². The zero-order chi connectivity index (χ0) is 23.0. The van der Waals surface area contributed by atoms with E-state index in [1.54, 1.807) is 17.5 Å². The van der Waals surface area contributed by atoms with Crippen molar-refractivity contribution in [2.24, 2.45) is 5.92 Å². The molecule has 1 aliphatic carbocycles. The third kappa shape index (κ3) is 6.65. The molecule has 1 aromatic heterocycles. The number of hydrogen-bond donors (Lipinski definition) is 2. The molecule has 1 amide bonds. The predicted octanol–water partition coefficient (Wildman–Crippen LogP) is 4.42. The number of nitrogens with zero attached hydrogens (tertiary/aromatic N) is 1. The molecule has 33 heavy (non-hydrogen) atoms. The summed E-state index contributed by atoms with van der Waals surface area (Å²) in [6.45, 7) is 0.683. The second-order valence-electron chi connectivity index (χ2n) is 8.56. The molecule has 1 aliphatic rings. The van der Waals surface area contributed by atoms with Gasteiger partial charge in [0, 0.05) is 35.6 Å². The summed E-state index contributed by atoms with van der Waals surface area (Å²) in [7, 11) is 0. The summed E-state index contributed by atoms with van der Waals surface area (Å²) >= 11 is 1.19. The number of hydrogen-bond acceptors (Lipinski definition) is 6. The average Bonchev–Trinajstić information content (AvgIpc) is 3.25. The van der Waals surface area contributed by atoms with E-state index in [2.05, 4.69) is 39.9 Å². The van der Waals surface area contributed by atoms with Crippen LogP contribution in [0.1, 0.15) is 59.3 Å². The van der Waals surface area contributed by atoms with Crippen LogP contribution in [0.4, 0.5) is 10.8 Å². The Kier molecular flexibility index (Phi) is 7.73. The lowest BCUT2D eigenvalue weighted by molar-refractivity contribution is -0.304. The van der Waals surface area contributed by atoms with Gasteiger partial charge in [0.25, 0.3) is 5.91 Å². The number of carbonyl (C=O) groups is 2. The number of para-hydroxylation sites is 1. The van der Waals surface area contributed by atoms with Crippen molar-refractivity contribution in [1.82, 2.24) is 4.98 Å². The highest BCUT2D eigenvalue weighted by Gasteiger charge is 2.15. The molecule has 7 heteroatoms. The van der Waals surface area contributed by atoms with E-state index in [1.165, 1.54) is 54.7 Å². The molecule has 0 bridgehead atoms. The maximum absolute atomic E-state index is 12.5. The fraction of sp³-hybridized carbons (Fsp3) is 0.346. The molecule has 1 heterocycles. The highest BCUT2D eigenvalue weighted by Crippen LogP contribution is 2.29. The van der Waals surface area contributed by atoms with Crippen LogP contribution in [0.5, 0.6) is 0 Å². The summed E-state index contributed by atoms with van der Waals surface area (Å²) in [4.78, 5) is 27.3. The number of carboxylic acid groups (broad SMARTS) is 1. The number of anilines is 2. The number of carbonyl (C=O) groups excluding carboxylic acids is 2. The van der Waals surface area contributed by atoms with Crippen LogP contribution in [0, 0.1) is 5.92 Å². The van der Waals surface area contributed by atoms with Crippen molar-refractivity contribution in [1.29, 1.82) is 0 Å². The number of rotatable bonds is 9. The van der Waals surface area contributed by atoms with Crippen LogP contribution in [0.25, 0.3) is 0 Å². The first kappa shape index (κ1) is 23.0.